The number of esters is 2. The van der Waals surface area contributed by atoms with Crippen LogP contribution in [-0.4, -0.2) is 11.9 Å². The molecule has 0 aromatic heterocycles. The Balaban J connectivity index is 3.51. The van der Waals surface area contributed by atoms with Crippen LogP contribution in [0.15, 0.2) is 12.5 Å². The van der Waals surface area contributed by atoms with Crippen molar-refractivity contribution < 1.29 is 19.1 Å². The summed E-state index contributed by atoms with van der Waals surface area (Å²) in [5.41, 5.74) is 0. The SMILES string of the molecule is CCCCCC(=O)OC=COC(=O)CCCCC. The van der Waals surface area contributed by atoms with Gasteiger partial charge in [-0.3, -0.25) is 9.59 Å². The zero-order chi connectivity index (χ0) is 13.6. The summed E-state index contributed by atoms with van der Waals surface area (Å²) in [7, 11) is 0. The molecule has 4 nitrogen and oxygen atoms in total. The molecule has 0 aliphatic carbocycles. The molecule has 0 N–H and O–H groups in total. The molecule has 0 aliphatic heterocycles. The molecule has 18 heavy (non-hydrogen) atoms. The number of hydrogen-bond donors (Lipinski definition) is 0. The summed E-state index contributed by atoms with van der Waals surface area (Å²) in [6.07, 6.45) is 8.91. The molecular formula is C14H24O4. The van der Waals surface area contributed by atoms with Crippen LogP contribution in [0, 0.1) is 0 Å². The molecule has 0 amide bonds. The molecule has 0 saturated carbocycles. The Bertz CT molecular complexity index is 233. The highest BCUT2D eigenvalue weighted by atomic mass is 16.6. The van der Waals surface area contributed by atoms with Crippen LogP contribution >= 0.6 is 0 Å². The van der Waals surface area contributed by atoms with Crippen LogP contribution in [0.5, 0.6) is 0 Å². The summed E-state index contributed by atoms with van der Waals surface area (Å²) in [6.45, 7) is 4.15. The zero-order valence-electron chi connectivity index (χ0n) is 11.4. The predicted octanol–water partition coefficient (Wildman–Crippen LogP) is 3.70. The molecule has 0 rings (SSSR count). The van der Waals surface area contributed by atoms with Gasteiger partial charge in [0.05, 0.1) is 0 Å². The van der Waals surface area contributed by atoms with Crippen molar-refractivity contribution in [2.75, 3.05) is 0 Å². The standard InChI is InChI=1S/C14H24O4/c1-3-5-7-9-13(15)17-11-12-18-14(16)10-8-6-4-2/h11-12H,3-10H2,1-2H3. The Morgan fingerprint density at radius 3 is 1.50 bits per heavy atom. The monoisotopic (exact) mass is 256 g/mol. The van der Waals surface area contributed by atoms with Gasteiger partial charge in [-0.2, -0.15) is 0 Å². The van der Waals surface area contributed by atoms with Crippen molar-refractivity contribution in [3.8, 4) is 0 Å². The number of carbonyl (C=O) groups is 2. The van der Waals surface area contributed by atoms with Gasteiger partial charge in [-0.1, -0.05) is 39.5 Å². The molecule has 0 heterocycles. The summed E-state index contributed by atoms with van der Waals surface area (Å²) in [5, 5.41) is 0. The van der Waals surface area contributed by atoms with E-state index in [4.69, 9.17) is 9.47 Å². The lowest BCUT2D eigenvalue weighted by atomic mass is 10.2. The van der Waals surface area contributed by atoms with E-state index in [1.807, 2.05) is 0 Å². The number of unbranched alkanes of at least 4 members (excludes halogenated alkanes) is 4. The lowest BCUT2D eigenvalue weighted by Gasteiger charge is -1.99. The smallest absolute Gasteiger partial charge is 0.310 e. The summed E-state index contributed by atoms with van der Waals surface area (Å²) in [6, 6.07) is 0. The first-order valence-electron chi connectivity index (χ1n) is 6.74. The Kier molecular flexibility index (Phi) is 11.3. The summed E-state index contributed by atoms with van der Waals surface area (Å²) < 4.78 is 9.54. The second kappa shape index (κ2) is 12.1. The van der Waals surface area contributed by atoms with Crippen LogP contribution < -0.4 is 0 Å². The third-order valence-electron chi connectivity index (χ3n) is 2.42. The maximum Gasteiger partial charge on any atom is 0.310 e. The average molecular weight is 256 g/mol. The van der Waals surface area contributed by atoms with Crippen molar-refractivity contribution in [2.45, 2.75) is 65.2 Å². The second-order valence-corrected chi connectivity index (χ2v) is 4.17. The van der Waals surface area contributed by atoms with Gasteiger partial charge < -0.3 is 9.47 Å². The third-order valence-corrected chi connectivity index (χ3v) is 2.42. The van der Waals surface area contributed by atoms with E-state index in [9.17, 15) is 9.59 Å². The molecule has 0 aromatic rings. The molecule has 0 fully saturated rings. The van der Waals surface area contributed by atoms with Crippen molar-refractivity contribution >= 4 is 11.9 Å². The molecule has 0 aromatic carbocycles. The molecule has 104 valence electrons. The van der Waals surface area contributed by atoms with Crippen LogP contribution in [-0.2, 0) is 19.1 Å². The normalized spacial score (nSPS) is 10.6. The van der Waals surface area contributed by atoms with Gasteiger partial charge in [0.1, 0.15) is 12.5 Å². The highest BCUT2D eigenvalue weighted by Gasteiger charge is 2.01. The first-order valence-corrected chi connectivity index (χ1v) is 6.74. The first kappa shape index (κ1) is 16.7. The lowest BCUT2D eigenvalue weighted by molar-refractivity contribution is -0.141. The number of ether oxygens (including phenoxy) is 2. The molecule has 0 aliphatic rings. The second-order valence-electron chi connectivity index (χ2n) is 4.17. The van der Waals surface area contributed by atoms with E-state index in [-0.39, 0.29) is 11.9 Å². The van der Waals surface area contributed by atoms with Gasteiger partial charge in [0.25, 0.3) is 0 Å². The van der Waals surface area contributed by atoms with Gasteiger partial charge in [-0.15, -0.1) is 0 Å². The first-order chi connectivity index (χ1) is 8.70. The minimum atomic E-state index is -0.290. The van der Waals surface area contributed by atoms with E-state index in [0.717, 1.165) is 51.0 Å². The van der Waals surface area contributed by atoms with E-state index in [1.165, 1.54) is 0 Å². The minimum absolute atomic E-state index is 0.290. The fourth-order valence-corrected chi connectivity index (χ4v) is 1.36. The topological polar surface area (TPSA) is 52.6 Å². The summed E-state index contributed by atoms with van der Waals surface area (Å²) in [4.78, 5) is 22.3. The largest absolute Gasteiger partial charge is 0.431 e. The van der Waals surface area contributed by atoms with Gasteiger partial charge >= 0.3 is 11.9 Å². The molecule has 0 spiro atoms. The fraction of sp³-hybridized carbons (Fsp3) is 0.714. The quantitative estimate of drug-likeness (QED) is 0.340. The Labute approximate surface area is 109 Å². The van der Waals surface area contributed by atoms with Crippen molar-refractivity contribution in [3.05, 3.63) is 12.5 Å². The van der Waals surface area contributed by atoms with Crippen molar-refractivity contribution in [3.63, 3.8) is 0 Å². The molecule has 0 bridgehead atoms. The highest BCUT2D eigenvalue weighted by Crippen LogP contribution is 2.02. The highest BCUT2D eigenvalue weighted by molar-refractivity contribution is 5.70. The van der Waals surface area contributed by atoms with Crippen molar-refractivity contribution in [1.82, 2.24) is 0 Å². The van der Waals surface area contributed by atoms with Crippen LogP contribution in [0.25, 0.3) is 0 Å². The molecule has 0 radical (unpaired) electrons. The van der Waals surface area contributed by atoms with Crippen molar-refractivity contribution in [1.29, 1.82) is 0 Å². The Morgan fingerprint density at radius 2 is 1.17 bits per heavy atom. The molecule has 0 saturated heterocycles. The average Bonchev–Trinajstić information content (AvgIpc) is 2.35. The number of hydrogen-bond acceptors (Lipinski definition) is 4. The van der Waals surface area contributed by atoms with Crippen LogP contribution in [0.2, 0.25) is 0 Å². The van der Waals surface area contributed by atoms with E-state index < -0.39 is 0 Å². The lowest BCUT2D eigenvalue weighted by Crippen LogP contribution is -2.01. The maximum atomic E-state index is 11.2. The number of carbonyl (C=O) groups excluding carboxylic acids is 2. The number of rotatable bonds is 10. The van der Waals surface area contributed by atoms with Crippen LogP contribution in [0.3, 0.4) is 0 Å². The molecule has 0 unspecified atom stereocenters. The zero-order valence-corrected chi connectivity index (χ0v) is 11.4. The van der Waals surface area contributed by atoms with Crippen molar-refractivity contribution in [2.24, 2.45) is 0 Å². The Hall–Kier alpha value is -1.32. The molecular weight excluding hydrogens is 232 g/mol. The third kappa shape index (κ3) is 11.2. The van der Waals surface area contributed by atoms with Gasteiger partial charge in [-0.25, -0.2) is 0 Å². The summed E-state index contributed by atoms with van der Waals surface area (Å²) >= 11 is 0. The van der Waals surface area contributed by atoms with Crippen LogP contribution in [0.4, 0.5) is 0 Å². The molecule has 4 heteroatoms. The van der Waals surface area contributed by atoms with Gasteiger partial charge in [-0.05, 0) is 12.8 Å². The van der Waals surface area contributed by atoms with Gasteiger partial charge in [0.2, 0.25) is 0 Å². The van der Waals surface area contributed by atoms with Gasteiger partial charge in [0.15, 0.2) is 0 Å². The Morgan fingerprint density at radius 1 is 0.778 bits per heavy atom. The van der Waals surface area contributed by atoms with E-state index in [0.29, 0.717) is 12.8 Å². The summed E-state index contributed by atoms with van der Waals surface area (Å²) in [5.74, 6) is -0.580. The fourth-order valence-electron chi connectivity index (χ4n) is 1.36. The molecule has 0 atom stereocenters. The van der Waals surface area contributed by atoms with Crippen LogP contribution in [0.1, 0.15) is 65.2 Å². The van der Waals surface area contributed by atoms with Gasteiger partial charge in [0, 0.05) is 12.8 Å². The predicted molar refractivity (Wildman–Crippen MR) is 69.6 cm³/mol. The maximum absolute atomic E-state index is 11.2. The van der Waals surface area contributed by atoms with E-state index in [2.05, 4.69) is 13.8 Å². The van der Waals surface area contributed by atoms with E-state index >= 15 is 0 Å². The van der Waals surface area contributed by atoms with E-state index in [1.54, 1.807) is 0 Å². The minimum Gasteiger partial charge on any atom is -0.431 e.